The largest absolute Gasteiger partial charge is 0.468 e. The lowest BCUT2D eigenvalue weighted by atomic mass is 10.2. The molecule has 1 aromatic rings. The van der Waals surface area contributed by atoms with Gasteiger partial charge in [0, 0.05) is 18.7 Å². The number of hydrogen-bond donors (Lipinski definition) is 1. The Hall–Kier alpha value is -0.840. The van der Waals surface area contributed by atoms with Gasteiger partial charge in [0.25, 0.3) is 0 Å². The normalized spacial score (nSPS) is 11.7. The van der Waals surface area contributed by atoms with Crippen LogP contribution in [0.2, 0.25) is 0 Å². The fourth-order valence-electron chi connectivity index (χ4n) is 1.83. The maximum atomic E-state index is 5.57. The molecule has 19 heavy (non-hydrogen) atoms. The van der Waals surface area contributed by atoms with Gasteiger partial charge in [-0.1, -0.05) is 6.92 Å². The number of ether oxygens (including phenoxy) is 1. The molecule has 0 unspecified atom stereocenters. The summed E-state index contributed by atoms with van der Waals surface area (Å²) in [7, 11) is 2.09. The van der Waals surface area contributed by atoms with Gasteiger partial charge >= 0.3 is 0 Å². The van der Waals surface area contributed by atoms with Gasteiger partial charge in [-0.05, 0) is 39.9 Å². The van der Waals surface area contributed by atoms with Crippen LogP contribution in [0, 0.1) is 0 Å². The molecule has 0 amide bonds. The molecule has 0 aromatic carbocycles. The zero-order chi connectivity index (χ0) is 14.1. The van der Waals surface area contributed by atoms with Crippen LogP contribution in [0.15, 0.2) is 16.7 Å². The first kappa shape index (κ1) is 16.2. The van der Waals surface area contributed by atoms with Crippen molar-refractivity contribution in [3.05, 3.63) is 23.7 Å². The van der Waals surface area contributed by atoms with Crippen LogP contribution in [0.1, 0.15) is 38.5 Å². The van der Waals surface area contributed by atoms with Crippen LogP contribution in [0.3, 0.4) is 0 Å². The van der Waals surface area contributed by atoms with E-state index in [1.165, 1.54) is 5.56 Å². The van der Waals surface area contributed by atoms with Crippen molar-refractivity contribution in [1.82, 2.24) is 10.2 Å². The van der Waals surface area contributed by atoms with E-state index in [-0.39, 0.29) is 0 Å². The molecule has 0 aliphatic rings. The fraction of sp³-hybridized carbons (Fsp3) is 0.733. The van der Waals surface area contributed by atoms with Crippen molar-refractivity contribution in [3.63, 3.8) is 0 Å². The van der Waals surface area contributed by atoms with E-state index >= 15 is 0 Å². The van der Waals surface area contributed by atoms with Gasteiger partial charge in [-0.15, -0.1) is 0 Å². The number of nitrogens with one attached hydrogen (secondary N) is 1. The van der Waals surface area contributed by atoms with E-state index in [1.54, 1.807) is 6.26 Å². The SMILES string of the molecule is CCCNCc1ccoc1CN(C)CCOC(C)C. The smallest absolute Gasteiger partial charge is 0.122 e. The van der Waals surface area contributed by atoms with Crippen molar-refractivity contribution in [1.29, 1.82) is 0 Å². The molecule has 1 rings (SSSR count). The molecule has 0 aliphatic heterocycles. The Kier molecular flexibility index (Phi) is 7.79. The summed E-state index contributed by atoms with van der Waals surface area (Å²) in [6, 6.07) is 2.05. The van der Waals surface area contributed by atoms with Crippen LogP contribution in [0.25, 0.3) is 0 Å². The lowest BCUT2D eigenvalue weighted by molar-refractivity contribution is 0.0616. The van der Waals surface area contributed by atoms with E-state index in [0.29, 0.717) is 6.10 Å². The molecular weight excluding hydrogens is 240 g/mol. The number of rotatable bonds is 10. The average molecular weight is 268 g/mol. The molecule has 4 heteroatoms. The van der Waals surface area contributed by atoms with Crippen LogP contribution < -0.4 is 5.32 Å². The molecule has 0 spiro atoms. The van der Waals surface area contributed by atoms with E-state index < -0.39 is 0 Å². The first-order valence-corrected chi connectivity index (χ1v) is 7.19. The highest BCUT2D eigenvalue weighted by molar-refractivity contribution is 5.16. The highest BCUT2D eigenvalue weighted by atomic mass is 16.5. The van der Waals surface area contributed by atoms with Gasteiger partial charge in [0.1, 0.15) is 5.76 Å². The van der Waals surface area contributed by atoms with Crippen molar-refractivity contribution in [2.45, 2.75) is 46.4 Å². The Morgan fingerprint density at radius 1 is 1.42 bits per heavy atom. The van der Waals surface area contributed by atoms with Crippen LogP contribution in [0.4, 0.5) is 0 Å². The van der Waals surface area contributed by atoms with Gasteiger partial charge in [-0.2, -0.15) is 0 Å². The molecule has 1 heterocycles. The van der Waals surface area contributed by atoms with E-state index in [9.17, 15) is 0 Å². The second-order valence-electron chi connectivity index (χ2n) is 5.20. The first-order chi connectivity index (χ1) is 9.13. The summed E-state index contributed by atoms with van der Waals surface area (Å²) in [5.41, 5.74) is 1.25. The summed E-state index contributed by atoms with van der Waals surface area (Å²) in [6.45, 7) is 10.7. The average Bonchev–Trinajstić information content (AvgIpc) is 2.76. The Labute approximate surface area is 117 Å². The monoisotopic (exact) mass is 268 g/mol. The molecular formula is C15H28N2O2. The van der Waals surface area contributed by atoms with Gasteiger partial charge in [0.05, 0.1) is 25.5 Å². The Morgan fingerprint density at radius 3 is 2.89 bits per heavy atom. The molecule has 4 nitrogen and oxygen atoms in total. The van der Waals surface area contributed by atoms with E-state index in [1.807, 2.05) is 0 Å². The molecule has 0 bridgehead atoms. The zero-order valence-corrected chi connectivity index (χ0v) is 12.7. The third-order valence-corrected chi connectivity index (χ3v) is 2.92. The van der Waals surface area contributed by atoms with Gasteiger partial charge in [-0.3, -0.25) is 4.90 Å². The first-order valence-electron chi connectivity index (χ1n) is 7.19. The van der Waals surface area contributed by atoms with Crippen molar-refractivity contribution in [3.8, 4) is 0 Å². The van der Waals surface area contributed by atoms with E-state index in [4.69, 9.17) is 9.15 Å². The minimum atomic E-state index is 0.297. The maximum Gasteiger partial charge on any atom is 0.122 e. The molecule has 110 valence electrons. The number of nitrogens with zero attached hydrogens (tertiary/aromatic N) is 1. The zero-order valence-electron chi connectivity index (χ0n) is 12.7. The minimum absolute atomic E-state index is 0.297. The third kappa shape index (κ3) is 6.76. The summed E-state index contributed by atoms with van der Waals surface area (Å²) in [5.74, 6) is 1.05. The molecule has 0 saturated heterocycles. The predicted molar refractivity (Wildman–Crippen MR) is 78.1 cm³/mol. The van der Waals surface area contributed by atoms with Gasteiger partial charge < -0.3 is 14.5 Å². The topological polar surface area (TPSA) is 37.6 Å². The second-order valence-corrected chi connectivity index (χ2v) is 5.20. The molecule has 0 saturated carbocycles. The third-order valence-electron chi connectivity index (χ3n) is 2.92. The Balaban J connectivity index is 2.32. The quantitative estimate of drug-likeness (QED) is 0.662. The molecule has 0 atom stereocenters. The molecule has 0 radical (unpaired) electrons. The lowest BCUT2D eigenvalue weighted by Gasteiger charge is -2.17. The van der Waals surface area contributed by atoms with Crippen LogP contribution in [-0.2, 0) is 17.8 Å². The Morgan fingerprint density at radius 2 is 2.21 bits per heavy atom. The lowest BCUT2D eigenvalue weighted by Crippen LogP contribution is -2.24. The summed E-state index contributed by atoms with van der Waals surface area (Å²) in [5, 5.41) is 3.41. The standard InChI is InChI=1S/C15H28N2O2/c1-5-7-16-11-14-6-9-19-15(14)12-17(4)8-10-18-13(2)3/h6,9,13,16H,5,7-8,10-12H2,1-4H3. The fourth-order valence-corrected chi connectivity index (χ4v) is 1.83. The van der Waals surface area contributed by atoms with Crippen molar-refractivity contribution < 1.29 is 9.15 Å². The maximum absolute atomic E-state index is 5.57. The number of likely N-dealkylation sites (N-methyl/N-ethyl adjacent to an activating group) is 1. The molecule has 0 fully saturated rings. The van der Waals surface area contributed by atoms with Crippen molar-refractivity contribution in [2.24, 2.45) is 0 Å². The molecule has 1 N–H and O–H groups in total. The van der Waals surface area contributed by atoms with E-state index in [2.05, 4.69) is 44.1 Å². The summed E-state index contributed by atoms with van der Waals surface area (Å²) >= 11 is 0. The molecule has 1 aromatic heterocycles. The van der Waals surface area contributed by atoms with Crippen LogP contribution in [0.5, 0.6) is 0 Å². The van der Waals surface area contributed by atoms with E-state index in [0.717, 1.165) is 45.0 Å². The summed E-state index contributed by atoms with van der Waals surface area (Å²) < 4.78 is 11.1. The number of furan rings is 1. The van der Waals surface area contributed by atoms with Crippen LogP contribution >= 0.6 is 0 Å². The van der Waals surface area contributed by atoms with Gasteiger partial charge in [-0.25, -0.2) is 0 Å². The van der Waals surface area contributed by atoms with Crippen molar-refractivity contribution >= 4 is 0 Å². The predicted octanol–water partition coefficient (Wildman–Crippen LogP) is 2.64. The highest BCUT2D eigenvalue weighted by Gasteiger charge is 2.09. The summed E-state index contributed by atoms with van der Waals surface area (Å²) in [4.78, 5) is 2.23. The van der Waals surface area contributed by atoms with Crippen molar-refractivity contribution in [2.75, 3.05) is 26.7 Å². The van der Waals surface area contributed by atoms with Gasteiger partial charge in [0.2, 0.25) is 0 Å². The summed E-state index contributed by atoms with van der Waals surface area (Å²) in [6.07, 6.45) is 3.22. The Bertz CT molecular complexity index is 337. The highest BCUT2D eigenvalue weighted by Crippen LogP contribution is 2.12. The molecule has 0 aliphatic carbocycles. The van der Waals surface area contributed by atoms with Crippen LogP contribution in [-0.4, -0.2) is 37.7 Å². The number of hydrogen-bond acceptors (Lipinski definition) is 4. The van der Waals surface area contributed by atoms with Gasteiger partial charge in [0.15, 0.2) is 0 Å². The minimum Gasteiger partial charge on any atom is -0.468 e. The second kappa shape index (κ2) is 9.13.